The Kier molecular flexibility index (Phi) is 7.14. The summed E-state index contributed by atoms with van der Waals surface area (Å²) in [6.07, 6.45) is 4.23. The summed E-state index contributed by atoms with van der Waals surface area (Å²) >= 11 is 0. The zero-order chi connectivity index (χ0) is 20.6. The van der Waals surface area contributed by atoms with Crippen molar-refractivity contribution in [3.63, 3.8) is 0 Å². The normalized spacial score (nSPS) is 14.9. The summed E-state index contributed by atoms with van der Waals surface area (Å²) < 4.78 is 13.5. The topological polar surface area (TPSA) is 43.9 Å². The molecule has 1 heterocycles. The molecule has 1 aliphatic heterocycles. The van der Waals surface area contributed by atoms with Crippen molar-refractivity contribution < 1.29 is 14.0 Å². The third kappa shape index (κ3) is 5.99. The fraction of sp³-hybridized carbons (Fsp3) is 0.304. The van der Waals surface area contributed by atoms with Crippen molar-refractivity contribution in [1.29, 1.82) is 0 Å². The molecule has 0 aromatic heterocycles. The van der Waals surface area contributed by atoms with Crippen LogP contribution in [0.15, 0.2) is 60.7 Å². The summed E-state index contributed by atoms with van der Waals surface area (Å²) in [5.41, 5.74) is 1.57. The standard InChI is InChI=1S/C23H26FN3O2/c1-19(28)27(22-11-5-10-21(24)17-22)18-23(29)26-15-13-25(14-16-26)12-6-9-20-7-3-2-4-8-20/h2-11,17H,12-16,18H2,1H3/b9-6+. The monoisotopic (exact) mass is 395 g/mol. The SMILES string of the molecule is CC(=O)N(CC(=O)N1CCN(C/C=C/c2ccccc2)CC1)c1cccc(F)c1. The van der Waals surface area contributed by atoms with E-state index in [-0.39, 0.29) is 18.4 Å². The molecule has 1 fully saturated rings. The maximum atomic E-state index is 13.5. The molecule has 1 saturated heterocycles. The van der Waals surface area contributed by atoms with Gasteiger partial charge < -0.3 is 9.80 Å². The van der Waals surface area contributed by atoms with Crippen molar-refractivity contribution in [1.82, 2.24) is 9.80 Å². The molecule has 152 valence electrons. The summed E-state index contributed by atoms with van der Waals surface area (Å²) in [6, 6.07) is 15.9. The van der Waals surface area contributed by atoms with Crippen molar-refractivity contribution in [2.24, 2.45) is 0 Å². The van der Waals surface area contributed by atoms with E-state index in [1.807, 2.05) is 18.2 Å². The maximum Gasteiger partial charge on any atom is 0.242 e. The van der Waals surface area contributed by atoms with Gasteiger partial charge in [0, 0.05) is 45.3 Å². The number of hydrogen-bond donors (Lipinski definition) is 0. The van der Waals surface area contributed by atoms with E-state index in [0.717, 1.165) is 19.6 Å². The van der Waals surface area contributed by atoms with Crippen LogP contribution in [-0.4, -0.2) is 60.9 Å². The van der Waals surface area contributed by atoms with E-state index in [1.54, 1.807) is 11.0 Å². The molecule has 1 aliphatic rings. The van der Waals surface area contributed by atoms with E-state index in [4.69, 9.17) is 0 Å². The molecule has 0 unspecified atom stereocenters. The Balaban J connectivity index is 1.50. The summed E-state index contributed by atoms with van der Waals surface area (Å²) in [4.78, 5) is 30.0. The van der Waals surface area contributed by atoms with E-state index >= 15 is 0 Å². The molecule has 2 aromatic carbocycles. The van der Waals surface area contributed by atoms with E-state index in [1.165, 1.54) is 35.6 Å². The summed E-state index contributed by atoms with van der Waals surface area (Å²) in [6.45, 7) is 4.94. The van der Waals surface area contributed by atoms with E-state index in [9.17, 15) is 14.0 Å². The van der Waals surface area contributed by atoms with Gasteiger partial charge >= 0.3 is 0 Å². The zero-order valence-electron chi connectivity index (χ0n) is 16.6. The van der Waals surface area contributed by atoms with Gasteiger partial charge in [0.05, 0.1) is 0 Å². The van der Waals surface area contributed by atoms with Gasteiger partial charge in [-0.2, -0.15) is 0 Å². The van der Waals surface area contributed by atoms with Gasteiger partial charge in [0.25, 0.3) is 0 Å². The molecule has 0 aliphatic carbocycles. The first-order chi connectivity index (χ1) is 14.0. The van der Waals surface area contributed by atoms with Gasteiger partial charge in [0.2, 0.25) is 11.8 Å². The smallest absolute Gasteiger partial charge is 0.242 e. The molecular formula is C23H26FN3O2. The minimum atomic E-state index is -0.432. The Morgan fingerprint density at radius 3 is 2.41 bits per heavy atom. The molecule has 5 nitrogen and oxygen atoms in total. The van der Waals surface area contributed by atoms with Gasteiger partial charge in [0.15, 0.2) is 0 Å². The predicted octanol–water partition coefficient (Wildman–Crippen LogP) is 3.04. The number of carbonyl (C=O) groups excluding carboxylic acids is 2. The number of halogens is 1. The highest BCUT2D eigenvalue weighted by molar-refractivity contribution is 5.97. The number of hydrogen-bond acceptors (Lipinski definition) is 3. The quantitative estimate of drug-likeness (QED) is 0.755. The largest absolute Gasteiger partial charge is 0.339 e. The van der Waals surface area contributed by atoms with Crippen LogP contribution < -0.4 is 4.90 Å². The highest BCUT2D eigenvalue weighted by Crippen LogP contribution is 2.16. The molecular weight excluding hydrogens is 369 g/mol. The van der Waals surface area contributed by atoms with Crippen LogP contribution >= 0.6 is 0 Å². The lowest BCUT2D eigenvalue weighted by Gasteiger charge is -2.35. The second-order valence-electron chi connectivity index (χ2n) is 7.08. The Labute approximate surface area is 171 Å². The van der Waals surface area contributed by atoms with Crippen LogP contribution in [0.1, 0.15) is 12.5 Å². The zero-order valence-corrected chi connectivity index (χ0v) is 16.6. The Morgan fingerprint density at radius 2 is 1.76 bits per heavy atom. The van der Waals surface area contributed by atoms with Gasteiger partial charge in [-0.25, -0.2) is 4.39 Å². The number of nitrogens with zero attached hydrogens (tertiary/aromatic N) is 3. The lowest BCUT2D eigenvalue weighted by atomic mass is 10.2. The van der Waals surface area contributed by atoms with Crippen LogP contribution in [0.4, 0.5) is 10.1 Å². The Bertz CT molecular complexity index is 861. The number of rotatable bonds is 6. The first-order valence-electron chi connectivity index (χ1n) is 9.78. The molecule has 2 amide bonds. The van der Waals surface area contributed by atoms with Crippen LogP contribution in [0.25, 0.3) is 6.08 Å². The van der Waals surface area contributed by atoms with Crippen LogP contribution in [0.3, 0.4) is 0 Å². The predicted molar refractivity (Wildman–Crippen MR) is 113 cm³/mol. The van der Waals surface area contributed by atoms with E-state index in [2.05, 4.69) is 29.2 Å². The molecule has 0 atom stereocenters. The third-order valence-electron chi connectivity index (χ3n) is 4.99. The number of amides is 2. The van der Waals surface area contributed by atoms with Crippen LogP contribution in [0.5, 0.6) is 0 Å². The molecule has 0 spiro atoms. The fourth-order valence-electron chi connectivity index (χ4n) is 3.35. The van der Waals surface area contributed by atoms with Gasteiger partial charge in [-0.1, -0.05) is 48.6 Å². The van der Waals surface area contributed by atoms with Crippen LogP contribution in [0, 0.1) is 5.82 Å². The minimum absolute atomic E-state index is 0.0767. The third-order valence-corrected chi connectivity index (χ3v) is 4.99. The fourth-order valence-corrected chi connectivity index (χ4v) is 3.35. The Hall–Kier alpha value is -2.99. The van der Waals surface area contributed by atoms with Crippen molar-refractivity contribution >= 4 is 23.6 Å². The minimum Gasteiger partial charge on any atom is -0.339 e. The lowest BCUT2D eigenvalue weighted by Crippen LogP contribution is -2.51. The van der Waals surface area contributed by atoms with Crippen LogP contribution in [0.2, 0.25) is 0 Å². The van der Waals surface area contributed by atoms with Gasteiger partial charge in [-0.05, 0) is 23.8 Å². The van der Waals surface area contributed by atoms with Gasteiger partial charge in [0.1, 0.15) is 12.4 Å². The number of piperazine rings is 1. The van der Waals surface area contributed by atoms with Crippen molar-refractivity contribution in [2.45, 2.75) is 6.92 Å². The molecule has 2 aromatic rings. The molecule has 0 radical (unpaired) electrons. The molecule has 0 bridgehead atoms. The number of benzene rings is 2. The second kappa shape index (κ2) is 9.98. The van der Waals surface area contributed by atoms with Crippen molar-refractivity contribution in [3.05, 3.63) is 72.1 Å². The summed E-state index contributed by atoms with van der Waals surface area (Å²) in [7, 11) is 0. The molecule has 3 rings (SSSR count). The lowest BCUT2D eigenvalue weighted by molar-refractivity contribution is -0.132. The number of anilines is 1. The van der Waals surface area contributed by atoms with Gasteiger partial charge in [-0.3, -0.25) is 14.5 Å². The highest BCUT2D eigenvalue weighted by Gasteiger charge is 2.24. The molecule has 6 heteroatoms. The highest BCUT2D eigenvalue weighted by atomic mass is 19.1. The van der Waals surface area contributed by atoms with Gasteiger partial charge in [-0.15, -0.1) is 0 Å². The molecule has 0 N–H and O–H groups in total. The average Bonchev–Trinajstić information content (AvgIpc) is 2.73. The second-order valence-corrected chi connectivity index (χ2v) is 7.08. The van der Waals surface area contributed by atoms with Crippen molar-refractivity contribution in [2.75, 3.05) is 44.2 Å². The van der Waals surface area contributed by atoms with Crippen LogP contribution in [-0.2, 0) is 9.59 Å². The number of carbonyl (C=O) groups is 2. The first kappa shape index (κ1) is 20.7. The Morgan fingerprint density at radius 1 is 1.03 bits per heavy atom. The van der Waals surface area contributed by atoms with E-state index in [0.29, 0.717) is 18.8 Å². The van der Waals surface area contributed by atoms with E-state index < -0.39 is 5.82 Å². The summed E-state index contributed by atoms with van der Waals surface area (Å²) in [5, 5.41) is 0. The molecule has 29 heavy (non-hydrogen) atoms. The average molecular weight is 395 g/mol. The molecule has 0 saturated carbocycles. The maximum absolute atomic E-state index is 13.5. The summed E-state index contributed by atoms with van der Waals surface area (Å²) in [5.74, 6) is -0.837. The van der Waals surface area contributed by atoms with Crippen molar-refractivity contribution in [3.8, 4) is 0 Å². The first-order valence-corrected chi connectivity index (χ1v) is 9.78.